The number of nitrogens with zero attached hydrogens (tertiary/aromatic N) is 1. The fourth-order valence-corrected chi connectivity index (χ4v) is 0.593. The average molecular weight is 153 g/mol. The molecule has 3 heteroatoms. The van der Waals surface area contributed by atoms with Crippen molar-refractivity contribution in [2.75, 3.05) is 0 Å². The zero-order valence-electron chi connectivity index (χ0n) is 6.88. The van der Waals surface area contributed by atoms with Gasteiger partial charge < -0.3 is 5.11 Å². The number of carbonyl (C=O) groups is 1. The Balaban J connectivity index is 4.88. The van der Waals surface area contributed by atoms with Crippen LogP contribution in [0.15, 0.2) is 11.1 Å². The molecule has 0 aromatic carbocycles. The number of carboxylic acid groups (broad SMARTS) is 1. The van der Waals surface area contributed by atoms with Crippen molar-refractivity contribution in [3.8, 4) is 6.07 Å². The van der Waals surface area contributed by atoms with Crippen molar-refractivity contribution in [2.24, 2.45) is 5.92 Å². The van der Waals surface area contributed by atoms with Gasteiger partial charge in [-0.2, -0.15) is 5.26 Å². The second kappa shape index (κ2) is 3.77. The van der Waals surface area contributed by atoms with Crippen LogP contribution in [0.3, 0.4) is 0 Å². The zero-order valence-corrected chi connectivity index (χ0v) is 6.88. The fourth-order valence-electron chi connectivity index (χ4n) is 0.593. The molecule has 0 aliphatic carbocycles. The number of aliphatic carboxylic acids is 1. The van der Waals surface area contributed by atoms with E-state index in [-0.39, 0.29) is 11.5 Å². The maximum atomic E-state index is 10.4. The lowest BCUT2D eigenvalue weighted by molar-refractivity contribution is -0.132. The highest BCUT2D eigenvalue weighted by Crippen LogP contribution is 2.13. The maximum Gasteiger partial charge on any atom is 0.346 e. The van der Waals surface area contributed by atoms with Crippen molar-refractivity contribution in [3.63, 3.8) is 0 Å². The molecular weight excluding hydrogens is 142 g/mol. The van der Waals surface area contributed by atoms with Crippen LogP contribution in [-0.4, -0.2) is 11.1 Å². The van der Waals surface area contributed by atoms with E-state index in [0.717, 1.165) is 0 Å². The number of hydrogen-bond donors (Lipinski definition) is 1. The lowest BCUT2D eigenvalue weighted by atomic mass is 10.00. The molecule has 0 aliphatic rings. The first kappa shape index (κ1) is 9.70. The van der Waals surface area contributed by atoms with Gasteiger partial charge in [-0.3, -0.25) is 0 Å². The number of allylic oxidation sites excluding steroid dienone is 1. The summed E-state index contributed by atoms with van der Waals surface area (Å²) in [4.78, 5) is 10.4. The number of rotatable bonds is 2. The highest BCUT2D eigenvalue weighted by atomic mass is 16.4. The van der Waals surface area contributed by atoms with Crippen molar-refractivity contribution in [1.29, 1.82) is 5.26 Å². The highest BCUT2D eigenvalue weighted by Gasteiger charge is 2.12. The van der Waals surface area contributed by atoms with Crippen LogP contribution in [0.1, 0.15) is 20.8 Å². The van der Waals surface area contributed by atoms with E-state index in [2.05, 4.69) is 0 Å². The molecular formula is C8H11NO2. The fraction of sp³-hybridized carbons (Fsp3) is 0.500. The van der Waals surface area contributed by atoms with E-state index in [1.165, 1.54) is 0 Å². The van der Waals surface area contributed by atoms with Gasteiger partial charge >= 0.3 is 5.97 Å². The Hall–Kier alpha value is -1.30. The first-order valence-electron chi connectivity index (χ1n) is 3.34. The summed E-state index contributed by atoms with van der Waals surface area (Å²) in [5.41, 5.74) is 0.486. The van der Waals surface area contributed by atoms with Gasteiger partial charge in [-0.1, -0.05) is 13.8 Å². The van der Waals surface area contributed by atoms with Crippen LogP contribution in [0.5, 0.6) is 0 Å². The molecule has 0 saturated heterocycles. The quantitative estimate of drug-likeness (QED) is 0.483. The summed E-state index contributed by atoms with van der Waals surface area (Å²) in [5.74, 6) is -1.03. The van der Waals surface area contributed by atoms with Gasteiger partial charge in [-0.25, -0.2) is 4.79 Å². The normalized spacial score (nSPS) is 12.3. The molecule has 0 atom stereocenters. The molecule has 0 amide bonds. The molecule has 0 radical (unpaired) electrons. The van der Waals surface area contributed by atoms with Crippen LogP contribution in [-0.2, 0) is 4.79 Å². The summed E-state index contributed by atoms with van der Waals surface area (Å²) in [6, 6.07) is 1.66. The second-order valence-electron chi connectivity index (χ2n) is 2.63. The molecule has 11 heavy (non-hydrogen) atoms. The predicted molar refractivity (Wildman–Crippen MR) is 40.8 cm³/mol. The molecule has 0 rings (SSSR count). The number of carboxylic acids is 1. The van der Waals surface area contributed by atoms with Crippen molar-refractivity contribution in [1.82, 2.24) is 0 Å². The molecule has 0 fully saturated rings. The minimum Gasteiger partial charge on any atom is -0.477 e. The Bertz CT molecular complexity index is 233. The summed E-state index contributed by atoms with van der Waals surface area (Å²) < 4.78 is 0. The third kappa shape index (κ3) is 2.42. The molecule has 0 saturated carbocycles. The maximum absolute atomic E-state index is 10.4. The monoisotopic (exact) mass is 153 g/mol. The lowest BCUT2D eigenvalue weighted by Crippen LogP contribution is -2.04. The Morgan fingerprint density at radius 1 is 1.55 bits per heavy atom. The topological polar surface area (TPSA) is 61.1 Å². The highest BCUT2D eigenvalue weighted by molar-refractivity contribution is 5.91. The van der Waals surface area contributed by atoms with E-state index in [1.54, 1.807) is 13.0 Å². The molecule has 3 nitrogen and oxygen atoms in total. The minimum atomic E-state index is -1.14. The second-order valence-corrected chi connectivity index (χ2v) is 2.63. The van der Waals surface area contributed by atoms with Gasteiger partial charge in [0, 0.05) is 0 Å². The third-order valence-electron chi connectivity index (χ3n) is 1.59. The first-order chi connectivity index (χ1) is 5.00. The van der Waals surface area contributed by atoms with Gasteiger partial charge in [0.25, 0.3) is 0 Å². The van der Waals surface area contributed by atoms with Crippen LogP contribution in [0.4, 0.5) is 0 Å². The molecule has 0 bridgehead atoms. The molecule has 1 N–H and O–H groups in total. The standard InChI is InChI=1S/C8H11NO2/c1-5(2)6(3)7(4-9)8(10)11/h5H,1-3H3,(H,10,11). The summed E-state index contributed by atoms with van der Waals surface area (Å²) in [6.45, 7) is 5.38. The third-order valence-corrected chi connectivity index (χ3v) is 1.59. The van der Waals surface area contributed by atoms with Gasteiger partial charge in [-0.15, -0.1) is 0 Å². The van der Waals surface area contributed by atoms with E-state index >= 15 is 0 Å². The lowest BCUT2D eigenvalue weighted by Gasteiger charge is -2.04. The van der Waals surface area contributed by atoms with Crippen molar-refractivity contribution in [3.05, 3.63) is 11.1 Å². The van der Waals surface area contributed by atoms with Crippen LogP contribution in [0.25, 0.3) is 0 Å². The molecule has 0 aromatic rings. The Morgan fingerprint density at radius 3 is 2.09 bits per heavy atom. The van der Waals surface area contributed by atoms with E-state index in [4.69, 9.17) is 10.4 Å². The Labute approximate surface area is 66.0 Å². The summed E-state index contributed by atoms with van der Waals surface area (Å²) in [5, 5.41) is 16.9. The molecule has 0 unspecified atom stereocenters. The SMILES string of the molecule is CC(=C(C#N)C(=O)O)C(C)C. The molecule has 0 heterocycles. The zero-order chi connectivity index (χ0) is 9.02. The largest absolute Gasteiger partial charge is 0.477 e. The van der Waals surface area contributed by atoms with E-state index in [9.17, 15) is 4.79 Å². The van der Waals surface area contributed by atoms with Gasteiger partial charge in [-0.05, 0) is 18.4 Å². The van der Waals surface area contributed by atoms with Crippen LogP contribution < -0.4 is 0 Å². The smallest absolute Gasteiger partial charge is 0.346 e. The molecule has 0 spiro atoms. The first-order valence-corrected chi connectivity index (χ1v) is 3.34. The van der Waals surface area contributed by atoms with Crippen LogP contribution in [0, 0.1) is 17.2 Å². The summed E-state index contributed by atoms with van der Waals surface area (Å²) in [6.07, 6.45) is 0. The van der Waals surface area contributed by atoms with Crippen molar-refractivity contribution in [2.45, 2.75) is 20.8 Å². The number of nitriles is 1. The van der Waals surface area contributed by atoms with E-state index < -0.39 is 5.97 Å². The Morgan fingerprint density at radius 2 is 2.00 bits per heavy atom. The summed E-state index contributed by atoms with van der Waals surface area (Å²) >= 11 is 0. The minimum absolute atomic E-state index is 0.112. The molecule has 0 aromatic heterocycles. The molecule has 60 valence electrons. The average Bonchev–Trinajstić information content (AvgIpc) is 1.88. The van der Waals surface area contributed by atoms with Crippen LogP contribution >= 0.6 is 0 Å². The van der Waals surface area contributed by atoms with Gasteiger partial charge in [0.15, 0.2) is 0 Å². The van der Waals surface area contributed by atoms with Crippen molar-refractivity contribution >= 4 is 5.97 Å². The van der Waals surface area contributed by atoms with Gasteiger partial charge in [0.1, 0.15) is 11.6 Å². The van der Waals surface area contributed by atoms with Gasteiger partial charge in [0.05, 0.1) is 0 Å². The van der Waals surface area contributed by atoms with Crippen molar-refractivity contribution < 1.29 is 9.90 Å². The number of hydrogen-bond acceptors (Lipinski definition) is 2. The predicted octanol–water partition coefficient (Wildman–Crippen LogP) is 1.57. The van der Waals surface area contributed by atoms with Gasteiger partial charge in [0.2, 0.25) is 0 Å². The summed E-state index contributed by atoms with van der Waals surface area (Å²) in [7, 11) is 0. The van der Waals surface area contributed by atoms with E-state index in [0.29, 0.717) is 5.57 Å². The Kier molecular flexibility index (Phi) is 3.32. The van der Waals surface area contributed by atoms with E-state index in [1.807, 2.05) is 13.8 Å². The molecule has 0 aliphatic heterocycles. The van der Waals surface area contributed by atoms with Crippen LogP contribution in [0.2, 0.25) is 0 Å².